The molecule has 0 radical (unpaired) electrons. The van der Waals surface area contributed by atoms with Crippen LogP contribution in [0.5, 0.6) is 0 Å². The van der Waals surface area contributed by atoms with Gasteiger partial charge in [-0.1, -0.05) is 23.7 Å². The second-order valence-corrected chi connectivity index (χ2v) is 4.01. The maximum absolute atomic E-state index is 9.90. The number of nitrogens with zero attached hydrogens (tertiary/aromatic N) is 1. The van der Waals surface area contributed by atoms with E-state index in [4.69, 9.17) is 11.6 Å². The molecule has 0 saturated heterocycles. The number of aliphatic hydroxyl groups is 1. The Morgan fingerprint density at radius 3 is 2.50 bits per heavy atom. The molecule has 0 amide bonds. The Kier molecular flexibility index (Phi) is 2.82. The summed E-state index contributed by atoms with van der Waals surface area (Å²) in [5.41, 5.74) is 1.65. The van der Waals surface area contributed by atoms with Gasteiger partial charge in [-0.05, 0) is 29.2 Å². The van der Waals surface area contributed by atoms with Crippen molar-refractivity contribution in [1.29, 1.82) is 0 Å². The van der Waals surface area contributed by atoms with Gasteiger partial charge in [-0.15, -0.1) is 0 Å². The molecule has 2 aromatic rings. The molecule has 0 saturated carbocycles. The third kappa shape index (κ3) is 1.95. The number of aliphatic hydroxyl groups excluding tert-OH is 1. The Bertz CT molecular complexity index is 399. The number of aromatic nitrogens is 1. The van der Waals surface area contributed by atoms with Gasteiger partial charge in [-0.25, -0.2) is 4.37 Å². The van der Waals surface area contributed by atoms with Gasteiger partial charge in [-0.3, -0.25) is 0 Å². The van der Waals surface area contributed by atoms with E-state index < -0.39 is 6.10 Å². The molecule has 4 heteroatoms. The van der Waals surface area contributed by atoms with E-state index in [1.807, 2.05) is 17.5 Å². The van der Waals surface area contributed by atoms with Gasteiger partial charge in [0, 0.05) is 22.2 Å². The summed E-state index contributed by atoms with van der Waals surface area (Å²) in [5, 5.41) is 12.4. The van der Waals surface area contributed by atoms with Crippen molar-refractivity contribution in [1.82, 2.24) is 4.37 Å². The van der Waals surface area contributed by atoms with Gasteiger partial charge < -0.3 is 5.11 Å². The van der Waals surface area contributed by atoms with Crippen molar-refractivity contribution in [3.63, 3.8) is 0 Å². The first kappa shape index (κ1) is 9.65. The van der Waals surface area contributed by atoms with Crippen LogP contribution in [0, 0.1) is 0 Å². The Balaban J connectivity index is 2.28. The molecule has 1 N–H and O–H groups in total. The zero-order valence-corrected chi connectivity index (χ0v) is 8.79. The molecule has 72 valence electrons. The summed E-state index contributed by atoms with van der Waals surface area (Å²) >= 11 is 7.08. The summed E-state index contributed by atoms with van der Waals surface area (Å²) in [5.74, 6) is 0. The minimum Gasteiger partial charge on any atom is -0.384 e. The number of benzene rings is 1. The highest BCUT2D eigenvalue weighted by Crippen LogP contribution is 2.23. The first-order chi connectivity index (χ1) is 6.77. The van der Waals surface area contributed by atoms with E-state index in [0.717, 1.165) is 11.1 Å². The number of hydrogen-bond donors (Lipinski definition) is 1. The van der Waals surface area contributed by atoms with Crippen LogP contribution in [0.1, 0.15) is 17.2 Å². The fourth-order valence-corrected chi connectivity index (χ4v) is 1.87. The van der Waals surface area contributed by atoms with Crippen molar-refractivity contribution in [2.45, 2.75) is 6.10 Å². The molecule has 0 aliphatic heterocycles. The zero-order chi connectivity index (χ0) is 9.97. The van der Waals surface area contributed by atoms with Crippen molar-refractivity contribution in [2.75, 3.05) is 0 Å². The van der Waals surface area contributed by atoms with Crippen molar-refractivity contribution in [3.8, 4) is 0 Å². The first-order valence-corrected chi connectivity index (χ1v) is 5.31. The summed E-state index contributed by atoms with van der Waals surface area (Å²) in [7, 11) is 0. The second kappa shape index (κ2) is 4.09. The number of halogens is 1. The van der Waals surface area contributed by atoms with E-state index in [0.29, 0.717) is 5.02 Å². The van der Waals surface area contributed by atoms with Crippen LogP contribution in [0.25, 0.3) is 0 Å². The summed E-state index contributed by atoms with van der Waals surface area (Å²) in [6, 6.07) is 7.15. The highest BCUT2D eigenvalue weighted by atomic mass is 35.5. The number of rotatable bonds is 2. The molecule has 2 nitrogen and oxygen atoms in total. The van der Waals surface area contributed by atoms with Gasteiger partial charge in [0.25, 0.3) is 0 Å². The lowest BCUT2D eigenvalue weighted by Gasteiger charge is -2.08. The van der Waals surface area contributed by atoms with Crippen LogP contribution in [0.3, 0.4) is 0 Å². The molecule has 1 unspecified atom stereocenters. The third-order valence-electron chi connectivity index (χ3n) is 1.95. The van der Waals surface area contributed by atoms with E-state index in [2.05, 4.69) is 4.37 Å². The van der Waals surface area contributed by atoms with E-state index in [1.54, 1.807) is 18.3 Å². The molecule has 2 rings (SSSR count). The zero-order valence-electron chi connectivity index (χ0n) is 7.22. The molecule has 1 atom stereocenters. The largest absolute Gasteiger partial charge is 0.384 e. The minimum atomic E-state index is -0.606. The predicted molar refractivity (Wildman–Crippen MR) is 57.6 cm³/mol. The molecule has 0 aliphatic carbocycles. The molecule has 0 bridgehead atoms. The van der Waals surface area contributed by atoms with Crippen LogP contribution < -0.4 is 0 Å². The summed E-state index contributed by atoms with van der Waals surface area (Å²) in [6.45, 7) is 0. The molecule has 0 fully saturated rings. The quantitative estimate of drug-likeness (QED) is 0.853. The van der Waals surface area contributed by atoms with Gasteiger partial charge in [0.1, 0.15) is 6.10 Å². The molecule has 1 heterocycles. The molecule has 0 aliphatic rings. The fourth-order valence-electron chi connectivity index (χ4n) is 1.19. The van der Waals surface area contributed by atoms with Crippen molar-refractivity contribution in [2.24, 2.45) is 0 Å². The van der Waals surface area contributed by atoms with Crippen molar-refractivity contribution >= 4 is 23.1 Å². The Morgan fingerprint density at radius 1 is 1.21 bits per heavy atom. The van der Waals surface area contributed by atoms with E-state index >= 15 is 0 Å². The maximum Gasteiger partial charge on any atom is 0.106 e. The third-order valence-corrected chi connectivity index (χ3v) is 2.81. The van der Waals surface area contributed by atoms with Crippen LogP contribution in [-0.4, -0.2) is 9.48 Å². The van der Waals surface area contributed by atoms with Gasteiger partial charge in [-0.2, -0.15) is 0 Å². The normalized spacial score (nSPS) is 12.7. The lowest BCUT2D eigenvalue weighted by molar-refractivity contribution is 0.220. The lowest BCUT2D eigenvalue weighted by Crippen LogP contribution is -1.97. The van der Waals surface area contributed by atoms with Gasteiger partial charge in [0.05, 0.1) is 0 Å². The topological polar surface area (TPSA) is 33.1 Å². The maximum atomic E-state index is 9.90. The Morgan fingerprint density at radius 2 is 1.93 bits per heavy atom. The van der Waals surface area contributed by atoms with Gasteiger partial charge in [0.2, 0.25) is 0 Å². The smallest absolute Gasteiger partial charge is 0.106 e. The highest BCUT2D eigenvalue weighted by molar-refractivity contribution is 7.03. The van der Waals surface area contributed by atoms with Crippen LogP contribution in [-0.2, 0) is 0 Å². The summed E-state index contributed by atoms with van der Waals surface area (Å²) in [6.07, 6.45) is 1.07. The predicted octanol–water partition coefficient (Wildman–Crippen LogP) is 2.88. The standard InChI is InChI=1S/C10H8ClNOS/c11-9-3-1-7(2-4-9)10(13)8-5-12-14-6-8/h1-6,10,13H. The number of hydrogen-bond acceptors (Lipinski definition) is 3. The van der Waals surface area contributed by atoms with Crippen LogP contribution in [0.2, 0.25) is 5.02 Å². The average molecular weight is 226 g/mol. The van der Waals surface area contributed by atoms with Crippen LogP contribution >= 0.6 is 23.1 Å². The van der Waals surface area contributed by atoms with Crippen LogP contribution in [0.15, 0.2) is 35.8 Å². The molecular formula is C10H8ClNOS. The molecule has 0 spiro atoms. The van der Waals surface area contributed by atoms with E-state index in [9.17, 15) is 5.11 Å². The molecule has 1 aromatic heterocycles. The minimum absolute atomic E-state index is 0.606. The summed E-state index contributed by atoms with van der Waals surface area (Å²) in [4.78, 5) is 0. The van der Waals surface area contributed by atoms with Gasteiger partial charge >= 0.3 is 0 Å². The SMILES string of the molecule is OC(c1ccc(Cl)cc1)c1cnsc1. The van der Waals surface area contributed by atoms with Crippen molar-refractivity contribution < 1.29 is 5.11 Å². The van der Waals surface area contributed by atoms with Crippen molar-refractivity contribution in [3.05, 3.63) is 52.0 Å². The molecule has 14 heavy (non-hydrogen) atoms. The van der Waals surface area contributed by atoms with Gasteiger partial charge in [0.15, 0.2) is 0 Å². The second-order valence-electron chi connectivity index (χ2n) is 2.91. The lowest BCUT2D eigenvalue weighted by atomic mass is 10.1. The molecule has 1 aromatic carbocycles. The first-order valence-electron chi connectivity index (χ1n) is 4.10. The van der Waals surface area contributed by atoms with E-state index in [1.165, 1.54) is 11.5 Å². The summed E-state index contributed by atoms with van der Waals surface area (Å²) < 4.78 is 3.94. The Labute approximate surface area is 91.0 Å². The monoisotopic (exact) mass is 225 g/mol. The van der Waals surface area contributed by atoms with E-state index in [-0.39, 0.29) is 0 Å². The Hall–Kier alpha value is -0.900. The average Bonchev–Trinajstić information content (AvgIpc) is 2.71. The van der Waals surface area contributed by atoms with Crippen LogP contribution in [0.4, 0.5) is 0 Å². The molecular weight excluding hydrogens is 218 g/mol. The fraction of sp³-hybridized carbons (Fsp3) is 0.100. The highest BCUT2D eigenvalue weighted by Gasteiger charge is 2.10.